The van der Waals surface area contributed by atoms with E-state index in [1.165, 1.54) is 11.3 Å². The fourth-order valence-electron chi connectivity index (χ4n) is 3.01. The zero-order chi connectivity index (χ0) is 20.2. The molecule has 0 saturated heterocycles. The summed E-state index contributed by atoms with van der Waals surface area (Å²) in [7, 11) is 1.66. The summed E-state index contributed by atoms with van der Waals surface area (Å²) < 4.78 is 6.25. The van der Waals surface area contributed by atoms with Crippen LogP contribution in [0.3, 0.4) is 0 Å². The highest BCUT2D eigenvalue weighted by Gasteiger charge is 2.12. The largest absolute Gasteiger partial charge is 0.497 e. The molecule has 6 heteroatoms. The summed E-state index contributed by atoms with van der Waals surface area (Å²) in [4.78, 5) is 13.3. The molecule has 0 fully saturated rings. The summed E-state index contributed by atoms with van der Waals surface area (Å²) in [6, 6.07) is 23.2. The van der Waals surface area contributed by atoms with Crippen molar-refractivity contribution in [1.82, 2.24) is 0 Å². The van der Waals surface area contributed by atoms with Gasteiger partial charge in [-0.1, -0.05) is 24.3 Å². The summed E-state index contributed by atoms with van der Waals surface area (Å²) in [5.74, 6) is 0.688. The van der Waals surface area contributed by atoms with Crippen LogP contribution >= 0.6 is 11.3 Å². The molecule has 0 radical (unpaired) electrons. The molecule has 4 N–H and O–H groups in total. The van der Waals surface area contributed by atoms with Crippen LogP contribution in [0.15, 0.2) is 72.8 Å². The van der Waals surface area contributed by atoms with Crippen molar-refractivity contribution in [3.8, 4) is 5.75 Å². The number of nitrogens with one attached hydrogen (secondary N) is 2. The molecule has 0 saturated carbocycles. The van der Waals surface area contributed by atoms with Crippen LogP contribution in [0, 0.1) is 0 Å². The van der Waals surface area contributed by atoms with Crippen molar-refractivity contribution in [2.45, 2.75) is 6.54 Å². The summed E-state index contributed by atoms with van der Waals surface area (Å²) >= 11 is 1.46. The predicted octanol–water partition coefficient (Wildman–Crippen LogP) is 5.36. The molecule has 29 heavy (non-hydrogen) atoms. The van der Waals surface area contributed by atoms with E-state index in [1.54, 1.807) is 19.2 Å². The lowest BCUT2D eigenvalue weighted by molar-refractivity contribution is 0.103. The van der Waals surface area contributed by atoms with Crippen molar-refractivity contribution >= 4 is 44.4 Å². The van der Waals surface area contributed by atoms with Crippen LogP contribution in [0.4, 0.5) is 17.1 Å². The Morgan fingerprint density at radius 2 is 1.83 bits per heavy atom. The maximum absolute atomic E-state index is 12.6. The lowest BCUT2D eigenvalue weighted by atomic mass is 10.2. The number of para-hydroxylation sites is 2. The molecule has 1 aromatic heterocycles. The number of carbonyl (C=O) groups excluding carboxylic acids is 1. The lowest BCUT2D eigenvalue weighted by Crippen LogP contribution is -2.11. The van der Waals surface area contributed by atoms with Crippen LogP contribution < -0.4 is 21.1 Å². The topological polar surface area (TPSA) is 76.4 Å². The maximum Gasteiger partial charge on any atom is 0.265 e. The summed E-state index contributed by atoms with van der Waals surface area (Å²) in [6.45, 7) is 0.709. The molecule has 5 nitrogen and oxygen atoms in total. The van der Waals surface area contributed by atoms with Gasteiger partial charge in [0.2, 0.25) is 0 Å². The Kier molecular flexibility index (Phi) is 5.35. The quantitative estimate of drug-likeness (QED) is 0.379. The molecule has 0 spiro atoms. The first kappa shape index (κ1) is 18.8. The summed E-state index contributed by atoms with van der Waals surface area (Å²) in [6.07, 6.45) is 0. The number of benzene rings is 3. The molecule has 0 bridgehead atoms. The Balaban J connectivity index is 1.46. The Hall–Kier alpha value is -3.51. The zero-order valence-electron chi connectivity index (χ0n) is 15.9. The standard InChI is InChI=1S/C23H21N3O2S/c1-28-18-9-6-15(7-10-18)14-25-17-8-11-21-16(12-17)13-22(29-21)23(27)26-20-5-3-2-4-19(20)24/h2-13,25H,14,24H2,1H3,(H,26,27). The molecular weight excluding hydrogens is 382 g/mol. The molecule has 0 unspecified atom stereocenters. The SMILES string of the molecule is COc1ccc(CNc2ccc3sc(C(=O)Nc4ccccc4N)cc3c2)cc1. The number of fused-ring (bicyclic) bond motifs is 1. The number of methoxy groups -OCH3 is 1. The normalized spacial score (nSPS) is 10.7. The summed E-state index contributed by atoms with van der Waals surface area (Å²) in [5.41, 5.74) is 9.25. The highest BCUT2D eigenvalue weighted by atomic mass is 32.1. The third kappa shape index (κ3) is 4.33. The number of hydrogen-bond donors (Lipinski definition) is 3. The molecule has 0 aliphatic heterocycles. The van der Waals surface area contributed by atoms with Gasteiger partial charge < -0.3 is 21.1 Å². The van der Waals surface area contributed by atoms with Crippen LogP contribution in [-0.2, 0) is 6.54 Å². The van der Waals surface area contributed by atoms with E-state index in [-0.39, 0.29) is 5.91 Å². The number of anilines is 3. The minimum atomic E-state index is -0.156. The zero-order valence-corrected chi connectivity index (χ0v) is 16.8. The molecule has 4 rings (SSSR count). The van der Waals surface area contributed by atoms with Gasteiger partial charge in [0.1, 0.15) is 5.75 Å². The molecular formula is C23H21N3O2S. The molecule has 1 amide bonds. The fourth-order valence-corrected chi connectivity index (χ4v) is 3.95. The van der Waals surface area contributed by atoms with Gasteiger partial charge in [-0.3, -0.25) is 4.79 Å². The average molecular weight is 404 g/mol. The smallest absolute Gasteiger partial charge is 0.265 e. The minimum Gasteiger partial charge on any atom is -0.497 e. The monoisotopic (exact) mass is 403 g/mol. The van der Waals surface area contributed by atoms with Gasteiger partial charge in [0.05, 0.1) is 23.4 Å². The number of amides is 1. The highest BCUT2D eigenvalue weighted by Crippen LogP contribution is 2.29. The number of carbonyl (C=O) groups is 1. The average Bonchev–Trinajstić information content (AvgIpc) is 3.18. The van der Waals surface area contributed by atoms with Gasteiger partial charge in [-0.15, -0.1) is 11.3 Å². The molecule has 1 heterocycles. The Labute approximate surface area is 173 Å². The van der Waals surface area contributed by atoms with Gasteiger partial charge >= 0.3 is 0 Å². The predicted molar refractivity (Wildman–Crippen MR) is 121 cm³/mol. The van der Waals surface area contributed by atoms with Crippen LogP contribution in [0.5, 0.6) is 5.75 Å². The van der Waals surface area contributed by atoms with Gasteiger partial charge in [-0.05, 0) is 59.5 Å². The fraction of sp³-hybridized carbons (Fsp3) is 0.0870. The van der Waals surface area contributed by atoms with Crippen molar-refractivity contribution in [2.75, 3.05) is 23.5 Å². The molecule has 146 valence electrons. The lowest BCUT2D eigenvalue weighted by Gasteiger charge is -2.07. The molecule has 0 aliphatic carbocycles. The first-order chi connectivity index (χ1) is 14.1. The van der Waals surface area contributed by atoms with E-state index >= 15 is 0 Å². The van der Waals surface area contributed by atoms with Gasteiger partial charge in [0.15, 0.2) is 0 Å². The van der Waals surface area contributed by atoms with Crippen LogP contribution in [0.2, 0.25) is 0 Å². The van der Waals surface area contributed by atoms with Gasteiger partial charge in [-0.2, -0.15) is 0 Å². The molecule has 0 atom stereocenters. The number of thiophene rings is 1. The molecule has 4 aromatic rings. The van der Waals surface area contributed by atoms with Gasteiger partial charge in [0.25, 0.3) is 5.91 Å². The number of ether oxygens (including phenoxy) is 1. The number of hydrogen-bond acceptors (Lipinski definition) is 5. The van der Waals surface area contributed by atoms with Crippen molar-refractivity contribution in [3.63, 3.8) is 0 Å². The highest BCUT2D eigenvalue weighted by molar-refractivity contribution is 7.20. The number of nitrogens with two attached hydrogens (primary N) is 1. The van der Waals surface area contributed by atoms with E-state index in [2.05, 4.69) is 16.7 Å². The third-order valence-electron chi connectivity index (χ3n) is 4.60. The van der Waals surface area contributed by atoms with E-state index < -0.39 is 0 Å². The van der Waals surface area contributed by atoms with E-state index in [9.17, 15) is 4.79 Å². The van der Waals surface area contributed by atoms with Crippen molar-refractivity contribution < 1.29 is 9.53 Å². The maximum atomic E-state index is 12.6. The number of rotatable bonds is 6. The minimum absolute atomic E-state index is 0.156. The summed E-state index contributed by atoms with van der Waals surface area (Å²) in [5, 5.41) is 7.33. The second-order valence-electron chi connectivity index (χ2n) is 6.61. The van der Waals surface area contributed by atoms with Crippen LogP contribution in [0.1, 0.15) is 15.2 Å². The first-order valence-electron chi connectivity index (χ1n) is 9.18. The third-order valence-corrected chi connectivity index (χ3v) is 5.72. The second-order valence-corrected chi connectivity index (χ2v) is 7.69. The number of nitrogen functional groups attached to an aromatic ring is 1. The van der Waals surface area contributed by atoms with Crippen molar-refractivity contribution in [3.05, 3.63) is 83.2 Å². The second kappa shape index (κ2) is 8.24. The molecule has 3 aromatic carbocycles. The van der Waals surface area contributed by atoms with Crippen LogP contribution in [0.25, 0.3) is 10.1 Å². The van der Waals surface area contributed by atoms with Crippen LogP contribution in [-0.4, -0.2) is 13.0 Å². The first-order valence-corrected chi connectivity index (χ1v) is 10.0. The molecule has 0 aliphatic rings. The van der Waals surface area contributed by atoms with Gasteiger partial charge in [-0.25, -0.2) is 0 Å². The van der Waals surface area contributed by atoms with E-state index in [0.717, 1.165) is 27.1 Å². The van der Waals surface area contributed by atoms with Gasteiger partial charge in [0, 0.05) is 16.9 Å². The van der Waals surface area contributed by atoms with E-state index in [4.69, 9.17) is 10.5 Å². The Morgan fingerprint density at radius 1 is 1.03 bits per heavy atom. The Bertz CT molecular complexity index is 1150. The van der Waals surface area contributed by atoms with Crippen molar-refractivity contribution in [1.29, 1.82) is 0 Å². The van der Waals surface area contributed by atoms with Crippen molar-refractivity contribution in [2.24, 2.45) is 0 Å². The van der Waals surface area contributed by atoms with E-state index in [0.29, 0.717) is 22.8 Å². The Morgan fingerprint density at radius 3 is 2.59 bits per heavy atom. The van der Waals surface area contributed by atoms with E-state index in [1.807, 2.05) is 54.6 Å².